The van der Waals surface area contributed by atoms with Crippen molar-refractivity contribution in [1.82, 2.24) is 14.5 Å². The van der Waals surface area contributed by atoms with Crippen LogP contribution in [-0.2, 0) is 10.0 Å². The molecule has 1 aliphatic heterocycles. The van der Waals surface area contributed by atoms with Gasteiger partial charge in [-0.3, -0.25) is 9.69 Å². The molecule has 0 saturated carbocycles. The van der Waals surface area contributed by atoms with E-state index in [-0.39, 0.29) is 16.8 Å². The summed E-state index contributed by atoms with van der Waals surface area (Å²) in [7, 11) is -3.57. The Kier molecular flexibility index (Phi) is 8.23. The molecular formula is C24H33N3O3S. The lowest BCUT2D eigenvalue weighted by Gasteiger charge is -2.30. The highest BCUT2D eigenvalue weighted by Gasteiger charge is 2.26. The Hall–Kier alpha value is -2.22. The molecule has 0 spiro atoms. The minimum atomic E-state index is -3.57. The third-order valence-corrected chi connectivity index (χ3v) is 7.84. The molecule has 2 aromatic carbocycles. The third kappa shape index (κ3) is 5.73. The van der Waals surface area contributed by atoms with E-state index in [1.807, 2.05) is 18.2 Å². The summed E-state index contributed by atoms with van der Waals surface area (Å²) in [4.78, 5) is 15.4. The number of nitrogens with zero attached hydrogens (tertiary/aromatic N) is 2. The summed E-state index contributed by atoms with van der Waals surface area (Å²) in [5, 5.41) is 3.02. The normalized spacial score (nSPS) is 16.2. The largest absolute Gasteiger partial charge is 0.350 e. The number of amides is 1. The molecule has 0 bridgehead atoms. The number of nitrogens with one attached hydrogen (secondary N) is 1. The number of likely N-dealkylation sites (N-methyl/N-ethyl adjacent to an activating group) is 1. The number of rotatable bonds is 9. The first-order chi connectivity index (χ1) is 15.0. The Labute approximate surface area is 186 Å². The zero-order valence-corrected chi connectivity index (χ0v) is 19.3. The summed E-state index contributed by atoms with van der Waals surface area (Å²) in [6.45, 7) is 7.49. The monoisotopic (exact) mass is 443 g/mol. The van der Waals surface area contributed by atoms with Gasteiger partial charge in [0.1, 0.15) is 0 Å². The molecule has 1 N–H and O–H groups in total. The molecule has 1 atom stereocenters. The second-order valence-electron chi connectivity index (χ2n) is 7.85. The summed E-state index contributed by atoms with van der Waals surface area (Å²) in [6.07, 6.45) is 2.82. The maximum absolute atomic E-state index is 13.0. The van der Waals surface area contributed by atoms with Crippen molar-refractivity contribution in [2.45, 2.75) is 44.0 Å². The lowest BCUT2D eigenvalue weighted by atomic mass is 10.0. The predicted molar refractivity (Wildman–Crippen MR) is 123 cm³/mol. The van der Waals surface area contributed by atoms with Gasteiger partial charge >= 0.3 is 0 Å². The zero-order chi connectivity index (χ0) is 22.3. The number of carbonyl (C=O) groups is 1. The highest BCUT2D eigenvalue weighted by Crippen LogP contribution is 2.22. The van der Waals surface area contributed by atoms with Crippen molar-refractivity contribution in [3.8, 4) is 0 Å². The van der Waals surface area contributed by atoms with Gasteiger partial charge in [0, 0.05) is 25.2 Å². The van der Waals surface area contributed by atoms with Crippen LogP contribution in [0.2, 0.25) is 0 Å². The smallest absolute Gasteiger partial charge is 0.251 e. The molecule has 31 heavy (non-hydrogen) atoms. The first-order valence-electron chi connectivity index (χ1n) is 11.1. The second kappa shape index (κ2) is 10.9. The van der Waals surface area contributed by atoms with Crippen LogP contribution in [0.4, 0.5) is 0 Å². The molecule has 1 aliphatic rings. The van der Waals surface area contributed by atoms with Crippen molar-refractivity contribution in [2.75, 3.05) is 32.7 Å². The Morgan fingerprint density at radius 1 is 1.00 bits per heavy atom. The molecule has 7 heteroatoms. The zero-order valence-electron chi connectivity index (χ0n) is 18.5. The van der Waals surface area contributed by atoms with Gasteiger partial charge in [-0.1, -0.05) is 56.7 Å². The van der Waals surface area contributed by atoms with Gasteiger partial charge in [-0.05, 0) is 49.7 Å². The van der Waals surface area contributed by atoms with Crippen LogP contribution in [-0.4, -0.2) is 56.3 Å². The van der Waals surface area contributed by atoms with E-state index in [9.17, 15) is 13.2 Å². The topological polar surface area (TPSA) is 69.7 Å². The maximum atomic E-state index is 13.0. The number of benzene rings is 2. The highest BCUT2D eigenvalue weighted by atomic mass is 32.2. The summed E-state index contributed by atoms with van der Waals surface area (Å²) < 4.78 is 27.5. The van der Waals surface area contributed by atoms with Crippen molar-refractivity contribution in [3.05, 3.63) is 65.7 Å². The van der Waals surface area contributed by atoms with E-state index in [1.165, 1.54) is 10.4 Å². The van der Waals surface area contributed by atoms with E-state index in [1.54, 1.807) is 18.2 Å². The molecule has 1 amide bonds. The summed E-state index contributed by atoms with van der Waals surface area (Å²) in [5.41, 5.74) is 1.51. The van der Waals surface area contributed by atoms with Gasteiger partial charge in [-0.15, -0.1) is 0 Å². The maximum Gasteiger partial charge on any atom is 0.251 e. The van der Waals surface area contributed by atoms with E-state index in [4.69, 9.17) is 0 Å². The van der Waals surface area contributed by atoms with Gasteiger partial charge in [-0.25, -0.2) is 8.42 Å². The van der Waals surface area contributed by atoms with Crippen LogP contribution in [0, 0.1) is 0 Å². The van der Waals surface area contributed by atoms with Crippen LogP contribution in [0.15, 0.2) is 59.5 Å². The fourth-order valence-corrected chi connectivity index (χ4v) is 5.70. The SMILES string of the molecule is CCN(CC)C(CNC(=O)c1cccc(S(=O)(=O)N2CCCCC2)c1)c1ccccc1. The minimum Gasteiger partial charge on any atom is -0.350 e. The van der Waals surface area contributed by atoms with Crippen molar-refractivity contribution < 1.29 is 13.2 Å². The lowest BCUT2D eigenvalue weighted by Crippen LogP contribution is -2.38. The molecule has 3 rings (SSSR count). The van der Waals surface area contributed by atoms with Crippen molar-refractivity contribution >= 4 is 15.9 Å². The Morgan fingerprint density at radius 3 is 2.32 bits per heavy atom. The van der Waals surface area contributed by atoms with E-state index in [0.717, 1.165) is 37.9 Å². The fraction of sp³-hybridized carbons (Fsp3) is 0.458. The summed E-state index contributed by atoms with van der Waals surface area (Å²) in [5.74, 6) is -0.260. The second-order valence-corrected chi connectivity index (χ2v) is 9.79. The van der Waals surface area contributed by atoms with Crippen molar-refractivity contribution in [3.63, 3.8) is 0 Å². The molecule has 1 fully saturated rings. The van der Waals surface area contributed by atoms with Crippen molar-refractivity contribution in [2.24, 2.45) is 0 Å². The van der Waals surface area contributed by atoms with Gasteiger partial charge < -0.3 is 5.32 Å². The fourth-order valence-electron chi connectivity index (χ4n) is 4.14. The Balaban J connectivity index is 1.74. The average molecular weight is 444 g/mol. The van der Waals surface area contributed by atoms with Crippen molar-refractivity contribution in [1.29, 1.82) is 0 Å². The molecule has 0 radical (unpaired) electrons. The average Bonchev–Trinajstić information content (AvgIpc) is 2.82. The van der Waals surface area contributed by atoms with Gasteiger partial charge in [0.2, 0.25) is 10.0 Å². The quantitative estimate of drug-likeness (QED) is 0.642. The first kappa shape index (κ1) is 23.4. The molecule has 1 heterocycles. The molecule has 0 aliphatic carbocycles. The molecule has 1 unspecified atom stereocenters. The molecule has 6 nitrogen and oxygen atoms in total. The van der Waals surface area contributed by atoms with Crippen LogP contribution >= 0.6 is 0 Å². The van der Waals surface area contributed by atoms with E-state index < -0.39 is 10.0 Å². The number of piperidine rings is 1. The lowest BCUT2D eigenvalue weighted by molar-refractivity contribution is 0.0934. The van der Waals surface area contributed by atoms with Crippen LogP contribution < -0.4 is 5.32 Å². The number of hydrogen-bond acceptors (Lipinski definition) is 4. The van der Waals surface area contributed by atoms with Gasteiger partial charge in [0.05, 0.1) is 10.9 Å². The van der Waals surface area contributed by atoms with Crippen LogP contribution in [0.25, 0.3) is 0 Å². The first-order valence-corrected chi connectivity index (χ1v) is 12.6. The van der Waals surface area contributed by atoms with E-state index >= 15 is 0 Å². The third-order valence-electron chi connectivity index (χ3n) is 5.94. The van der Waals surface area contributed by atoms with Crippen LogP contribution in [0.1, 0.15) is 55.1 Å². The molecule has 0 aromatic heterocycles. The molecule has 168 valence electrons. The Bertz CT molecular complexity index is 953. The summed E-state index contributed by atoms with van der Waals surface area (Å²) in [6, 6.07) is 16.6. The van der Waals surface area contributed by atoms with Gasteiger partial charge in [-0.2, -0.15) is 4.31 Å². The van der Waals surface area contributed by atoms with E-state index in [0.29, 0.717) is 25.2 Å². The Morgan fingerprint density at radius 2 is 1.68 bits per heavy atom. The standard InChI is InChI=1S/C24H33N3O3S/c1-3-26(4-2)23(20-12-7-5-8-13-20)19-25-24(28)21-14-11-15-22(18-21)31(29,30)27-16-9-6-10-17-27/h5,7-8,11-15,18,23H,3-4,6,9-10,16-17,19H2,1-2H3,(H,25,28). The van der Waals surface area contributed by atoms with E-state index in [2.05, 4.69) is 36.2 Å². The minimum absolute atomic E-state index is 0.0559. The molecule has 1 saturated heterocycles. The highest BCUT2D eigenvalue weighted by molar-refractivity contribution is 7.89. The van der Waals surface area contributed by atoms with Crippen LogP contribution in [0.5, 0.6) is 0 Å². The van der Waals surface area contributed by atoms with Gasteiger partial charge in [0.25, 0.3) is 5.91 Å². The molecular weight excluding hydrogens is 410 g/mol. The molecule has 2 aromatic rings. The number of carbonyl (C=O) groups excluding carboxylic acids is 1. The number of sulfonamides is 1. The predicted octanol–water partition coefficient (Wildman–Crippen LogP) is 3.67. The van der Waals surface area contributed by atoms with Crippen LogP contribution in [0.3, 0.4) is 0 Å². The number of hydrogen-bond donors (Lipinski definition) is 1. The van der Waals surface area contributed by atoms with Gasteiger partial charge in [0.15, 0.2) is 0 Å². The summed E-state index contributed by atoms with van der Waals surface area (Å²) >= 11 is 0.